The van der Waals surface area contributed by atoms with Gasteiger partial charge in [0, 0.05) is 11.8 Å². The van der Waals surface area contributed by atoms with Crippen molar-refractivity contribution in [2.45, 2.75) is 0 Å². The SMILES string of the molecule is N#Cc1cccc(C=Cc2ccnc(-c3ccccc3O)c2)c1. The number of para-hydroxylation sites is 1. The Kier molecular flexibility index (Phi) is 4.17. The third kappa shape index (κ3) is 3.45. The van der Waals surface area contributed by atoms with E-state index >= 15 is 0 Å². The quantitative estimate of drug-likeness (QED) is 0.774. The lowest BCUT2D eigenvalue weighted by Crippen LogP contribution is -1.85. The summed E-state index contributed by atoms with van der Waals surface area (Å²) in [6.45, 7) is 0. The Labute approximate surface area is 134 Å². The first kappa shape index (κ1) is 14.6. The Morgan fingerprint density at radius 3 is 2.48 bits per heavy atom. The van der Waals surface area contributed by atoms with Crippen molar-refractivity contribution in [2.75, 3.05) is 0 Å². The van der Waals surface area contributed by atoms with Gasteiger partial charge in [-0.25, -0.2) is 0 Å². The zero-order chi connectivity index (χ0) is 16.1. The highest BCUT2D eigenvalue weighted by atomic mass is 16.3. The number of nitriles is 1. The first-order chi connectivity index (χ1) is 11.3. The van der Waals surface area contributed by atoms with Crippen molar-refractivity contribution in [1.29, 1.82) is 5.26 Å². The van der Waals surface area contributed by atoms with Gasteiger partial charge in [0.2, 0.25) is 0 Å². The lowest BCUT2D eigenvalue weighted by molar-refractivity contribution is 0.477. The highest BCUT2D eigenvalue weighted by Crippen LogP contribution is 2.27. The van der Waals surface area contributed by atoms with E-state index in [-0.39, 0.29) is 5.75 Å². The number of nitrogens with zero attached hydrogens (tertiary/aromatic N) is 2. The van der Waals surface area contributed by atoms with Gasteiger partial charge in [0.15, 0.2) is 0 Å². The number of aromatic hydroxyl groups is 1. The van der Waals surface area contributed by atoms with Crippen molar-refractivity contribution in [2.24, 2.45) is 0 Å². The van der Waals surface area contributed by atoms with Gasteiger partial charge in [0.1, 0.15) is 5.75 Å². The van der Waals surface area contributed by atoms with E-state index in [0.29, 0.717) is 11.1 Å². The number of aromatic nitrogens is 1. The van der Waals surface area contributed by atoms with Gasteiger partial charge in [0.05, 0.1) is 17.3 Å². The molecule has 0 aliphatic carbocycles. The predicted molar refractivity (Wildman–Crippen MR) is 91.4 cm³/mol. The number of pyridine rings is 1. The second kappa shape index (κ2) is 6.59. The summed E-state index contributed by atoms with van der Waals surface area (Å²) < 4.78 is 0. The summed E-state index contributed by atoms with van der Waals surface area (Å²) in [6, 6.07) is 20.5. The summed E-state index contributed by atoms with van der Waals surface area (Å²) in [4.78, 5) is 4.32. The van der Waals surface area contributed by atoms with E-state index in [4.69, 9.17) is 5.26 Å². The molecule has 0 bridgehead atoms. The lowest BCUT2D eigenvalue weighted by atomic mass is 10.1. The fourth-order valence-electron chi connectivity index (χ4n) is 2.29. The van der Waals surface area contributed by atoms with E-state index in [2.05, 4.69) is 11.1 Å². The summed E-state index contributed by atoms with van der Waals surface area (Å²) in [6.07, 6.45) is 5.62. The maximum atomic E-state index is 9.93. The molecule has 0 radical (unpaired) electrons. The molecule has 0 aliphatic heterocycles. The monoisotopic (exact) mass is 298 g/mol. The maximum absolute atomic E-state index is 9.93. The van der Waals surface area contributed by atoms with Crippen molar-refractivity contribution in [3.8, 4) is 23.1 Å². The minimum absolute atomic E-state index is 0.211. The molecule has 2 aromatic carbocycles. The van der Waals surface area contributed by atoms with Gasteiger partial charge in [0.25, 0.3) is 0 Å². The van der Waals surface area contributed by atoms with Crippen LogP contribution in [-0.4, -0.2) is 10.1 Å². The Balaban J connectivity index is 1.90. The average Bonchev–Trinajstić information content (AvgIpc) is 2.61. The molecule has 3 heteroatoms. The molecule has 0 saturated carbocycles. The van der Waals surface area contributed by atoms with Gasteiger partial charge < -0.3 is 5.11 Å². The van der Waals surface area contributed by atoms with Crippen LogP contribution in [0.1, 0.15) is 16.7 Å². The molecule has 3 rings (SSSR count). The van der Waals surface area contributed by atoms with E-state index in [1.165, 1.54) is 0 Å². The second-order valence-corrected chi connectivity index (χ2v) is 5.06. The summed E-state index contributed by atoms with van der Waals surface area (Å²) in [5.41, 5.74) is 3.99. The van der Waals surface area contributed by atoms with Crippen LogP contribution in [0.5, 0.6) is 5.75 Å². The minimum atomic E-state index is 0.211. The standard InChI is InChI=1S/C20H14N2O/c21-14-17-5-3-4-15(12-17)8-9-16-10-11-22-19(13-16)18-6-1-2-7-20(18)23/h1-13,23H. The highest BCUT2D eigenvalue weighted by molar-refractivity contribution is 5.74. The summed E-state index contributed by atoms with van der Waals surface area (Å²) in [7, 11) is 0. The molecule has 0 fully saturated rings. The van der Waals surface area contributed by atoms with Crippen LogP contribution in [0.3, 0.4) is 0 Å². The topological polar surface area (TPSA) is 56.9 Å². The van der Waals surface area contributed by atoms with Crippen LogP contribution in [0.25, 0.3) is 23.4 Å². The van der Waals surface area contributed by atoms with Gasteiger partial charge in [-0.15, -0.1) is 0 Å². The third-order valence-corrected chi connectivity index (χ3v) is 3.45. The lowest BCUT2D eigenvalue weighted by Gasteiger charge is -2.04. The summed E-state index contributed by atoms with van der Waals surface area (Å²) >= 11 is 0. The molecule has 3 aromatic rings. The molecular weight excluding hydrogens is 284 g/mol. The Morgan fingerprint density at radius 2 is 1.70 bits per heavy atom. The van der Waals surface area contributed by atoms with E-state index in [1.807, 2.05) is 54.6 Å². The molecule has 0 amide bonds. The predicted octanol–water partition coefficient (Wildman–Crippen LogP) is 4.50. The number of rotatable bonds is 3. The minimum Gasteiger partial charge on any atom is -0.507 e. The molecule has 110 valence electrons. The summed E-state index contributed by atoms with van der Waals surface area (Å²) in [5.74, 6) is 0.211. The van der Waals surface area contributed by atoms with Crippen LogP contribution < -0.4 is 0 Å². The van der Waals surface area contributed by atoms with Gasteiger partial charge in [-0.2, -0.15) is 5.26 Å². The molecule has 0 spiro atoms. The van der Waals surface area contributed by atoms with E-state index < -0.39 is 0 Å². The van der Waals surface area contributed by atoms with Crippen LogP contribution in [-0.2, 0) is 0 Å². The van der Waals surface area contributed by atoms with Crippen molar-refractivity contribution in [3.63, 3.8) is 0 Å². The summed E-state index contributed by atoms with van der Waals surface area (Å²) in [5, 5.41) is 18.9. The van der Waals surface area contributed by atoms with E-state index in [9.17, 15) is 5.11 Å². The number of benzene rings is 2. The van der Waals surface area contributed by atoms with Crippen molar-refractivity contribution < 1.29 is 5.11 Å². The fourth-order valence-corrected chi connectivity index (χ4v) is 2.29. The first-order valence-electron chi connectivity index (χ1n) is 7.19. The molecule has 1 N–H and O–H groups in total. The van der Waals surface area contributed by atoms with Crippen molar-refractivity contribution in [1.82, 2.24) is 4.98 Å². The van der Waals surface area contributed by atoms with Crippen LogP contribution in [0.2, 0.25) is 0 Å². The molecule has 0 aliphatic rings. The Hall–Kier alpha value is -3.38. The van der Waals surface area contributed by atoms with Crippen molar-refractivity contribution >= 4 is 12.2 Å². The second-order valence-electron chi connectivity index (χ2n) is 5.06. The first-order valence-corrected chi connectivity index (χ1v) is 7.19. The van der Waals surface area contributed by atoms with Crippen LogP contribution in [0.15, 0.2) is 66.9 Å². The fraction of sp³-hybridized carbons (Fsp3) is 0. The molecule has 3 nitrogen and oxygen atoms in total. The van der Waals surface area contributed by atoms with E-state index in [1.54, 1.807) is 24.4 Å². The zero-order valence-electron chi connectivity index (χ0n) is 12.3. The molecule has 0 unspecified atom stereocenters. The number of hydrogen-bond acceptors (Lipinski definition) is 3. The number of phenols is 1. The average molecular weight is 298 g/mol. The van der Waals surface area contributed by atoms with Crippen LogP contribution >= 0.6 is 0 Å². The van der Waals surface area contributed by atoms with Crippen molar-refractivity contribution in [3.05, 3.63) is 83.6 Å². The van der Waals surface area contributed by atoms with Crippen LogP contribution in [0, 0.1) is 11.3 Å². The van der Waals surface area contributed by atoms with Gasteiger partial charge in [-0.3, -0.25) is 4.98 Å². The third-order valence-electron chi connectivity index (χ3n) is 3.45. The normalized spacial score (nSPS) is 10.6. The maximum Gasteiger partial charge on any atom is 0.124 e. The zero-order valence-corrected chi connectivity index (χ0v) is 12.3. The van der Waals surface area contributed by atoms with Gasteiger partial charge in [-0.05, 0) is 47.5 Å². The van der Waals surface area contributed by atoms with Crippen LogP contribution in [0.4, 0.5) is 0 Å². The largest absolute Gasteiger partial charge is 0.507 e. The molecular formula is C20H14N2O. The number of phenolic OH excluding ortho intramolecular Hbond substituents is 1. The van der Waals surface area contributed by atoms with E-state index in [0.717, 1.165) is 16.8 Å². The highest BCUT2D eigenvalue weighted by Gasteiger charge is 2.04. The molecule has 23 heavy (non-hydrogen) atoms. The molecule has 0 saturated heterocycles. The number of hydrogen-bond donors (Lipinski definition) is 1. The molecule has 1 heterocycles. The Morgan fingerprint density at radius 1 is 0.913 bits per heavy atom. The van der Waals surface area contributed by atoms with Gasteiger partial charge >= 0.3 is 0 Å². The Bertz CT molecular complexity index is 907. The smallest absolute Gasteiger partial charge is 0.124 e. The molecule has 1 aromatic heterocycles. The van der Waals surface area contributed by atoms with Gasteiger partial charge in [-0.1, -0.05) is 36.4 Å². The molecule has 0 atom stereocenters.